The quantitative estimate of drug-likeness (QED) is 0.906. The highest BCUT2D eigenvalue weighted by Crippen LogP contribution is 2.26. The van der Waals surface area contributed by atoms with Crippen LogP contribution in [0.2, 0.25) is 5.02 Å². The molecule has 1 rings (SSSR count). The number of anilines is 1. The lowest BCUT2D eigenvalue weighted by atomic mass is 10.2. The largest absolute Gasteiger partial charge is 0.368 e. The van der Waals surface area contributed by atoms with Crippen LogP contribution in [0.3, 0.4) is 0 Å². The van der Waals surface area contributed by atoms with E-state index in [1.165, 1.54) is 0 Å². The third-order valence-electron chi connectivity index (χ3n) is 2.02. The van der Waals surface area contributed by atoms with Crippen LogP contribution in [0.1, 0.15) is 13.8 Å². The summed E-state index contributed by atoms with van der Waals surface area (Å²) in [6.07, 6.45) is 1.65. The fourth-order valence-electron chi connectivity index (χ4n) is 1.49. The summed E-state index contributed by atoms with van der Waals surface area (Å²) < 4.78 is 0.801. The van der Waals surface area contributed by atoms with Crippen LogP contribution < -0.4 is 10.6 Å². The summed E-state index contributed by atoms with van der Waals surface area (Å²) in [5.74, 6) is 0.574. The Labute approximate surface area is 114 Å². The summed E-state index contributed by atoms with van der Waals surface area (Å²) in [5.41, 5.74) is 5.23. The van der Waals surface area contributed by atoms with Gasteiger partial charge in [-0.2, -0.15) is 0 Å². The first-order valence-corrected chi connectivity index (χ1v) is 6.41. The highest BCUT2D eigenvalue weighted by atomic mass is 79.9. The van der Waals surface area contributed by atoms with Crippen molar-refractivity contribution in [1.82, 2.24) is 4.98 Å². The highest BCUT2D eigenvalue weighted by Gasteiger charge is 2.15. The maximum atomic E-state index is 11.0. The van der Waals surface area contributed by atoms with Gasteiger partial charge >= 0.3 is 0 Å². The lowest BCUT2D eigenvalue weighted by Crippen LogP contribution is -2.37. The number of halogens is 2. The third kappa shape index (κ3) is 4.52. The maximum absolute atomic E-state index is 11.0. The third-order valence-corrected chi connectivity index (χ3v) is 2.73. The summed E-state index contributed by atoms with van der Waals surface area (Å²) in [6.45, 7) is 4.91. The number of aromatic nitrogens is 1. The van der Waals surface area contributed by atoms with Crippen molar-refractivity contribution in [2.75, 3.05) is 18.0 Å². The summed E-state index contributed by atoms with van der Waals surface area (Å²) in [6, 6.07) is 1.75. The molecule has 0 aliphatic carbocycles. The summed E-state index contributed by atoms with van der Waals surface area (Å²) in [5, 5.41) is 0.501. The molecule has 1 amide bonds. The first-order valence-electron chi connectivity index (χ1n) is 5.24. The van der Waals surface area contributed by atoms with Gasteiger partial charge in [-0.25, -0.2) is 4.98 Å². The minimum Gasteiger partial charge on any atom is -0.368 e. The predicted molar refractivity (Wildman–Crippen MR) is 73.2 cm³/mol. The number of hydrogen-bond donors (Lipinski definition) is 1. The number of hydrogen-bond acceptors (Lipinski definition) is 3. The van der Waals surface area contributed by atoms with Gasteiger partial charge in [-0.15, -0.1) is 0 Å². The molecule has 94 valence electrons. The molecule has 0 radical (unpaired) electrons. The van der Waals surface area contributed by atoms with Crippen LogP contribution in [0.15, 0.2) is 16.7 Å². The van der Waals surface area contributed by atoms with E-state index in [0.29, 0.717) is 23.3 Å². The Morgan fingerprint density at radius 1 is 1.65 bits per heavy atom. The second-order valence-corrected chi connectivity index (χ2v) is 5.52. The second kappa shape index (κ2) is 6.21. The molecule has 1 aromatic rings. The van der Waals surface area contributed by atoms with E-state index in [9.17, 15) is 4.79 Å². The Morgan fingerprint density at radius 2 is 2.29 bits per heavy atom. The monoisotopic (exact) mass is 319 g/mol. The van der Waals surface area contributed by atoms with Gasteiger partial charge < -0.3 is 10.6 Å². The molecule has 0 spiro atoms. The van der Waals surface area contributed by atoms with E-state index in [2.05, 4.69) is 34.8 Å². The SMILES string of the molecule is CC(C)CN(CC(N)=O)c1ncc(Br)cc1Cl. The van der Waals surface area contributed by atoms with Crippen molar-refractivity contribution in [1.29, 1.82) is 0 Å². The van der Waals surface area contributed by atoms with Crippen molar-refractivity contribution in [3.05, 3.63) is 21.8 Å². The van der Waals surface area contributed by atoms with Crippen LogP contribution in [-0.4, -0.2) is 24.0 Å². The molecular weight excluding hydrogens is 305 g/mol. The van der Waals surface area contributed by atoms with Gasteiger partial charge in [0.25, 0.3) is 0 Å². The van der Waals surface area contributed by atoms with Crippen LogP contribution in [0.5, 0.6) is 0 Å². The summed E-state index contributed by atoms with van der Waals surface area (Å²) >= 11 is 9.39. The smallest absolute Gasteiger partial charge is 0.236 e. The van der Waals surface area contributed by atoms with Crippen molar-refractivity contribution in [2.45, 2.75) is 13.8 Å². The van der Waals surface area contributed by atoms with Crippen molar-refractivity contribution in [3.8, 4) is 0 Å². The van der Waals surface area contributed by atoms with Crippen LogP contribution in [0.4, 0.5) is 5.82 Å². The van der Waals surface area contributed by atoms with E-state index < -0.39 is 5.91 Å². The molecule has 2 N–H and O–H groups in total. The van der Waals surface area contributed by atoms with Gasteiger partial charge in [0.1, 0.15) is 5.82 Å². The number of carbonyl (C=O) groups is 1. The highest BCUT2D eigenvalue weighted by molar-refractivity contribution is 9.10. The van der Waals surface area contributed by atoms with E-state index in [-0.39, 0.29) is 6.54 Å². The number of nitrogens with zero attached hydrogens (tertiary/aromatic N) is 2. The molecular formula is C11H15BrClN3O. The van der Waals surface area contributed by atoms with Gasteiger partial charge in [0.2, 0.25) is 5.91 Å². The van der Waals surface area contributed by atoms with Crippen molar-refractivity contribution < 1.29 is 4.79 Å². The Balaban J connectivity index is 2.98. The van der Waals surface area contributed by atoms with Gasteiger partial charge in [0.05, 0.1) is 11.6 Å². The minimum atomic E-state index is -0.397. The van der Waals surface area contributed by atoms with Crippen molar-refractivity contribution in [3.63, 3.8) is 0 Å². The van der Waals surface area contributed by atoms with E-state index in [1.54, 1.807) is 17.2 Å². The minimum absolute atomic E-state index is 0.118. The van der Waals surface area contributed by atoms with Crippen LogP contribution in [-0.2, 0) is 4.79 Å². The lowest BCUT2D eigenvalue weighted by molar-refractivity contribution is -0.116. The topological polar surface area (TPSA) is 59.2 Å². The predicted octanol–water partition coefficient (Wildman–Crippen LogP) is 2.45. The molecule has 0 bridgehead atoms. The second-order valence-electron chi connectivity index (χ2n) is 4.20. The molecule has 0 saturated carbocycles. The average molecular weight is 321 g/mol. The maximum Gasteiger partial charge on any atom is 0.236 e. The number of primary amides is 1. The van der Waals surface area contributed by atoms with Gasteiger partial charge in [0, 0.05) is 17.2 Å². The zero-order valence-electron chi connectivity index (χ0n) is 9.78. The van der Waals surface area contributed by atoms with Gasteiger partial charge in [-0.05, 0) is 27.9 Å². The summed E-state index contributed by atoms with van der Waals surface area (Å²) in [4.78, 5) is 17.1. The first-order chi connectivity index (χ1) is 7.90. The lowest BCUT2D eigenvalue weighted by Gasteiger charge is -2.25. The first kappa shape index (κ1) is 14.3. The van der Waals surface area contributed by atoms with Gasteiger partial charge in [-0.3, -0.25) is 4.79 Å². The fraction of sp³-hybridized carbons (Fsp3) is 0.455. The van der Waals surface area contributed by atoms with Gasteiger partial charge in [0.15, 0.2) is 0 Å². The standard InChI is InChI=1S/C11H15BrClN3O/c1-7(2)5-16(6-10(14)17)11-9(13)3-8(12)4-15-11/h3-4,7H,5-6H2,1-2H3,(H2,14,17). The number of amides is 1. The molecule has 0 saturated heterocycles. The van der Waals surface area contributed by atoms with Crippen molar-refractivity contribution in [2.24, 2.45) is 11.7 Å². The van der Waals surface area contributed by atoms with Crippen LogP contribution in [0, 0.1) is 5.92 Å². The Hall–Kier alpha value is -0.810. The number of pyridine rings is 1. The van der Waals surface area contributed by atoms with E-state index >= 15 is 0 Å². The molecule has 17 heavy (non-hydrogen) atoms. The Bertz CT molecular complexity index is 412. The number of carbonyl (C=O) groups excluding carboxylic acids is 1. The van der Waals surface area contributed by atoms with E-state index in [1.807, 2.05) is 0 Å². The molecule has 6 heteroatoms. The summed E-state index contributed by atoms with van der Waals surface area (Å²) in [7, 11) is 0. The molecule has 0 aliphatic rings. The number of nitrogens with two attached hydrogens (primary N) is 1. The Kier molecular flexibility index (Phi) is 5.21. The fourth-order valence-corrected chi connectivity index (χ4v) is 2.24. The molecule has 0 fully saturated rings. The van der Waals surface area contributed by atoms with E-state index in [4.69, 9.17) is 17.3 Å². The van der Waals surface area contributed by atoms with Crippen LogP contribution >= 0.6 is 27.5 Å². The van der Waals surface area contributed by atoms with Crippen LogP contribution in [0.25, 0.3) is 0 Å². The van der Waals surface area contributed by atoms with E-state index in [0.717, 1.165) is 4.47 Å². The molecule has 0 unspecified atom stereocenters. The normalized spacial score (nSPS) is 10.6. The molecule has 1 aromatic heterocycles. The van der Waals surface area contributed by atoms with Gasteiger partial charge in [-0.1, -0.05) is 25.4 Å². The molecule has 4 nitrogen and oxygen atoms in total. The molecule has 0 atom stereocenters. The van der Waals surface area contributed by atoms with Crippen molar-refractivity contribution >= 4 is 39.3 Å². The Morgan fingerprint density at radius 3 is 2.76 bits per heavy atom. The average Bonchev–Trinajstić information content (AvgIpc) is 2.14. The molecule has 1 heterocycles. The molecule has 0 aliphatic heterocycles. The zero-order chi connectivity index (χ0) is 13.0. The number of rotatable bonds is 5. The molecule has 0 aromatic carbocycles. The zero-order valence-corrected chi connectivity index (χ0v) is 12.1.